The Bertz CT molecular complexity index is 253. The van der Waals surface area contributed by atoms with Crippen LogP contribution in [0.2, 0.25) is 5.28 Å². The fraction of sp³-hybridized carbons (Fsp3) is 0.571. The van der Waals surface area contributed by atoms with Gasteiger partial charge in [0.05, 0.1) is 0 Å². The van der Waals surface area contributed by atoms with E-state index >= 15 is 0 Å². The van der Waals surface area contributed by atoms with Crippen molar-refractivity contribution in [1.82, 2.24) is 15.0 Å². The molecule has 1 aromatic heterocycles. The van der Waals surface area contributed by atoms with E-state index < -0.39 is 0 Å². The summed E-state index contributed by atoms with van der Waals surface area (Å²) in [4.78, 5) is 11.9. The third-order valence-electron chi connectivity index (χ3n) is 1.28. The molecule has 0 aromatic carbocycles. The molecule has 1 rings (SSSR count). The average Bonchev–Trinajstić information content (AvgIpc) is 2.04. The molecule has 0 aliphatic carbocycles. The summed E-state index contributed by atoms with van der Waals surface area (Å²) in [6.07, 6.45) is 0. The Morgan fingerprint density at radius 2 is 1.46 bits per heavy atom. The van der Waals surface area contributed by atoms with Crippen molar-refractivity contribution < 1.29 is 0 Å². The lowest BCUT2D eigenvalue weighted by atomic mass is 10.7. The molecule has 5 nitrogen and oxygen atoms in total. The fourth-order valence-corrected chi connectivity index (χ4v) is 0.985. The van der Waals surface area contributed by atoms with E-state index in [4.69, 9.17) is 11.6 Å². The number of anilines is 2. The second-order valence-electron chi connectivity index (χ2n) is 2.31. The van der Waals surface area contributed by atoms with Gasteiger partial charge in [0.25, 0.3) is 0 Å². The van der Waals surface area contributed by atoms with Gasteiger partial charge in [0, 0.05) is 13.1 Å². The molecule has 1 aromatic rings. The largest absolute Gasteiger partial charge is 0.354 e. The van der Waals surface area contributed by atoms with Gasteiger partial charge in [0.15, 0.2) is 0 Å². The number of nitrogens with zero attached hydrogens (tertiary/aromatic N) is 3. The quantitative estimate of drug-likeness (QED) is 0.776. The molecule has 0 aliphatic heterocycles. The zero-order valence-corrected chi connectivity index (χ0v) is 8.39. The Kier molecular flexibility index (Phi) is 3.70. The number of nitrogens with one attached hydrogen (secondary N) is 2. The van der Waals surface area contributed by atoms with Gasteiger partial charge in [-0.05, 0) is 25.4 Å². The number of halogens is 1. The molecule has 0 radical (unpaired) electrons. The summed E-state index contributed by atoms with van der Waals surface area (Å²) in [7, 11) is 0. The Morgan fingerprint density at radius 3 is 1.85 bits per heavy atom. The molecule has 0 amide bonds. The van der Waals surface area contributed by atoms with Gasteiger partial charge in [-0.25, -0.2) is 0 Å². The lowest BCUT2D eigenvalue weighted by Crippen LogP contribution is -2.08. The number of aromatic nitrogens is 3. The van der Waals surface area contributed by atoms with Crippen LogP contribution in [-0.4, -0.2) is 28.0 Å². The first-order chi connectivity index (χ1) is 6.26. The zero-order chi connectivity index (χ0) is 9.68. The van der Waals surface area contributed by atoms with Crippen molar-refractivity contribution in [3.63, 3.8) is 0 Å². The molecule has 0 spiro atoms. The van der Waals surface area contributed by atoms with E-state index in [9.17, 15) is 0 Å². The first-order valence-electron chi connectivity index (χ1n) is 4.15. The molecule has 2 N–H and O–H groups in total. The van der Waals surface area contributed by atoms with Gasteiger partial charge in [-0.2, -0.15) is 15.0 Å². The number of hydrogen-bond donors (Lipinski definition) is 2. The molecule has 6 heteroatoms. The maximum atomic E-state index is 5.68. The SMILES string of the molecule is CCNc1[15n]c(Cl)[15n]c(NCC)[15n]1. The Morgan fingerprint density at radius 1 is 1.00 bits per heavy atom. The summed E-state index contributed by atoms with van der Waals surface area (Å²) in [6, 6.07) is 0. The van der Waals surface area contributed by atoms with Crippen LogP contribution < -0.4 is 10.6 Å². The van der Waals surface area contributed by atoms with Crippen LogP contribution in [0.25, 0.3) is 0 Å². The summed E-state index contributed by atoms with van der Waals surface area (Å²) in [5, 5.41) is 6.12. The van der Waals surface area contributed by atoms with Crippen LogP contribution in [0.3, 0.4) is 0 Å². The smallest absolute Gasteiger partial charge is 0.228 e. The average molecular weight is 205 g/mol. The van der Waals surface area contributed by atoms with E-state index in [-0.39, 0.29) is 5.28 Å². The molecular formula is C7H12ClN5. The molecule has 1 heterocycles. The molecule has 0 bridgehead atoms. The topological polar surface area (TPSA) is 62.7 Å². The summed E-state index contributed by atoms with van der Waals surface area (Å²) in [6.45, 7) is 5.44. The summed E-state index contributed by atoms with van der Waals surface area (Å²) >= 11 is 5.68. The molecule has 0 saturated heterocycles. The Labute approximate surface area is 82.0 Å². The third-order valence-corrected chi connectivity index (χ3v) is 1.45. The molecular weight excluding hydrogens is 193 g/mol. The van der Waals surface area contributed by atoms with Gasteiger partial charge in [-0.3, -0.25) is 0 Å². The predicted octanol–water partition coefficient (Wildman–Crippen LogP) is 1.39. The van der Waals surface area contributed by atoms with Gasteiger partial charge >= 0.3 is 0 Å². The first-order valence-corrected chi connectivity index (χ1v) is 4.53. The predicted molar refractivity (Wildman–Crippen MR) is 53.2 cm³/mol. The highest BCUT2D eigenvalue weighted by Crippen LogP contribution is 2.08. The monoisotopic (exact) mass is 204 g/mol. The maximum absolute atomic E-state index is 5.68. The van der Waals surface area contributed by atoms with Crippen LogP contribution in [0.1, 0.15) is 13.8 Å². The van der Waals surface area contributed by atoms with Crippen molar-refractivity contribution in [1.29, 1.82) is 0 Å². The van der Waals surface area contributed by atoms with Crippen molar-refractivity contribution in [2.75, 3.05) is 23.7 Å². The first kappa shape index (κ1) is 9.98. The minimum Gasteiger partial charge on any atom is -0.354 e. The highest BCUT2D eigenvalue weighted by Gasteiger charge is 2.01. The Hall–Kier alpha value is -1.10. The molecule has 0 unspecified atom stereocenters. The van der Waals surface area contributed by atoms with Crippen LogP contribution in [0, 0.1) is 0 Å². The van der Waals surface area contributed by atoms with E-state index in [1.165, 1.54) is 0 Å². The fourth-order valence-electron chi connectivity index (χ4n) is 0.824. The van der Waals surface area contributed by atoms with E-state index in [1.54, 1.807) is 0 Å². The Balaban J connectivity index is 2.83. The molecule has 0 fully saturated rings. The van der Waals surface area contributed by atoms with Crippen LogP contribution in [0.15, 0.2) is 0 Å². The van der Waals surface area contributed by atoms with Crippen molar-refractivity contribution in [2.45, 2.75) is 13.8 Å². The van der Waals surface area contributed by atoms with Gasteiger partial charge in [0.1, 0.15) is 0 Å². The van der Waals surface area contributed by atoms with Crippen molar-refractivity contribution >= 4 is 23.5 Å². The summed E-state index contributed by atoms with van der Waals surface area (Å²) in [5.74, 6) is 0.997. The van der Waals surface area contributed by atoms with E-state index in [0.717, 1.165) is 13.1 Å². The molecule has 0 saturated carbocycles. The highest BCUT2D eigenvalue weighted by molar-refractivity contribution is 6.28. The van der Waals surface area contributed by atoms with Gasteiger partial charge in [-0.1, -0.05) is 0 Å². The van der Waals surface area contributed by atoms with E-state index in [0.29, 0.717) is 11.9 Å². The third kappa shape index (κ3) is 3.02. The van der Waals surface area contributed by atoms with Gasteiger partial charge in [-0.15, -0.1) is 0 Å². The lowest BCUT2D eigenvalue weighted by Gasteiger charge is -2.04. The van der Waals surface area contributed by atoms with E-state index in [2.05, 4.69) is 25.6 Å². The van der Waals surface area contributed by atoms with Gasteiger partial charge in [0.2, 0.25) is 17.2 Å². The molecule has 0 aliphatic rings. The van der Waals surface area contributed by atoms with Crippen LogP contribution >= 0.6 is 11.6 Å². The van der Waals surface area contributed by atoms with Crippen molar-refractivity contribution in [2.24, 2.45) is 0 Å². The minimum absolute atomic E-state index is 0.196. The van der Waals surface area contributed by atoms with Crippen LogP contribution in [-0.2, 0) is 0 Å². The second kappa shape index (κ2) is 4.81. The summed E-state index contributed by atoms with van der Waals surface area (Å²) < 4.78 is 0. The highest BCUT2D eigenvalue weighted by atomic mass is 35.5. The van der Waals surface area contributed by atoms with Crippen molar-refractivity contribution in [3.05, 3.63) is 5.28 Å². The van der Waals surface area contributed by atoms with Crippen LogP contribution in [0.5, 0.6) is 0 Å². The van der Waals surface area contributed by atoms with Crippen molar-refractivity contribution in [3.8, 4) is 0 Å². The summed E-state index contributed by atoms with van der Waals surface area (Å²) in [5.41, 5.74) is 0. The minimum atomic E-state index is 0.196. The standard InChI is InChI=1S/C7H12ClN5/c1-3-9-6-11-5(8)12-7(13-6)10-4-2/h3-4H2,1-2H3,(H2,9,10,11,12,13)/i11+1,12+1,13+1. The number of rotatable bonds is 4. The molecule has 72 valence electrons. The molecule has 0 atom stereocenters. The zero-order valence-electron chi connectivity index (χ0n) is 7.63. The molecule has 13 heavy (non-hydrogen) atoms. The second-order valence-corrected chi connectivity index (χ2v) is 2.65. The van der Waals surface area contributed by atoms with E-state index in [1.807, 2.05) is 13.8 Å². The van der Waals surface area contributed by atoms with Gasteiger partial charge < -0.3 is 10.6 Å². The normalized spacial score (nSPS) is 9.77. The van der Waals surface area contributed by atoms with Crippen LogP contribution in [0.4, 0.5) is 11.9 Å². The maximum Gasteiger partial charge on any atom is 0.228 e. The lowest BCUT2D eigenvalue weighted by molar-refractivity contribution is 0.999. The number of hydrogen-bond acceptors (Lipinski definition) is 5.